The Morgan fingerprint density at radius 2 is 1.75 bits per heavy atom. The van der Waals surface area contributed by atoms with E-state index in [1.165, 1.54) is 44.9 Å². The quantitative estimate of drug-likeness (QED) is 0.799. The average molecular weight is 281 g/mol. The fourth-order valence-corrected chi connectivity index (χ4v) is 4.61. The maximum atomic E-state index is 6.36. The minimum atomic E-state index is 0.00630. The van der Waals surface area contributed by atoms with E-state index in [1.54, 1.807) is 0 Å². The molecule has 2 aliphatic rings. The first-order valence-electron chi connectivity index (χ1n) is 8.79. The normalized spacial score (nSPS) is 31.4. The van der Waals surface area contributed by atoms with Crippen LogP contribution in [0.1, 0.15) is 79.6 Å². The second-order valence-electron chi connectivity index (χ2n) is 8.15. The van der Waals surface area contributed by atoms with Gasteiger partial charge in [0.05, 0.1) is 11.2 Å². The van der Waals surface area contributed by atoms with Gasteiger partial charge in [-0.1, -0.05) is 26.2 Å². The first-order chi connectivity index (χ1) is 9.36. The van der Waals surface area contributed by atoms with Crippen LogP contribution in [0, 0.1) is 11.8 Å². The molecule has 0 radical (unpaired) electrons. The van der Waals surface area contributed by atoms with Crippen LogP contribution in [0.4, 0.5) is 0 Å². The van der Waals surface area contributed by atoms with Gasteiger partial charge in [0.2, 0.25) is 0 Å². The van der Waals surface area contributed by atoms with Crippen molar-refractivity contribution in [3.63, 3.8) is 0 Å². The predicted octanol–water partition coefficient (Wildman–Crippen LogP) is 4.53. The summed E-state index contributed by atoms with van der Waals surface area (Å²) in [6.45, 7) is 12.5. The maximum absolute atomic E-state index is 6.36. The lowest BCUT2D eigenvalue weighted by molar-refractivity contribution is -0.0801. The molecule has 2 unspecified atom stereocenters. The summed E-state index contributed by atoms with van der Waals surface area (Å²) in [6.07, 6.45) is 9.52. The molecule has 0 amide bonds. The van der Waals surface area contributed by atoms with Gasteiger partial charge in [0.25, 0.3) is 0 Å². The molecule has 2 rings (SSSR count). The molecule has 1 heterocycles. The summed E-state index contributed by atoms with van der Waals surface area (Å²) in [6, 6.07) is 0.645. The molecule has 0 bridgehead atoms. The van der Waals surface area contributed by atoms with Gasteiger partial charge in [0.15, 0.2) is 0 Å². The molecule has 0 aromatic heterocycles. The smallest absolute Gasteiger partial charge is 0.0677 e. The number of ether oxygens (including phenoxy) is 1. The molecule has 0 aromatic rings. The molecule has 1 N–H and O–H groups in total. The molecule has 0 aromatic carbocycles. The average Bonchev–Trinajstić information content (AvgIpc) is 2.59. The second-order valence-corrected chi connectivity index (χ2v) is 8.15. The van der Waals surface area contributed by atoms with Gasteiger partial charge in [0, 0.05) is 12.0 Å². The van der Waals surface area contributed by atoms with Crippen molar-refractivity contribution in [1.82, 2.24) is 5.32 Å². The molecule has 1 aliphatic carbocycles. The number of nitrogens with one attached hydrogen (secondary N) is 1. The zero-order chi connectivity index (χ0) is 14.8. The van der Waals surface area contributed by atoms with Crippen LogP contribution in [-0.4, -0.2) is 23.8 Å². The lowest BCUT2D eigenvalue weighted by Gasteiger charge is -2.39. The third-order valence-corrected chi connectivity index (χ3v) is 5.37. The van der Waals surface area contributed by atoms with Crippen molar-refractivity contribution < 1.29 is 4.74 Å². The van der Waals surface area contributed by atoms with Crippen molar-refractivity contribution in [1.29, 1.82) is 0 Å². The molecule has 20 heavy (non-hydrogen) atoms. The molecule has 2 heteroatoms. The molecule has 2 nitrogen and oxygen atoms in total. The highest BCUT2D eigenvalue weighted by molar-refractivity contribution is 5.01. The standard InChI is InChI=1S/C18H35NO/c1-6-12-19-16(14-10-8-7-9-11-14)15-13-17(2,3)20-18(15,4)5/h14-16,19H,6-13H2,1-5H3. The molecule has 0 spiro atoms. The minimum absolute atomic E-state index is 0.00630. The third kappa shape index (κ3) is 3.76. The van der Waals surface area contributed by atoms with E-state index in [-0.39, 0.29) is 11.2 Å². The van der Waals surface area contributed by atoms with Gasteiger partial charge < -0.3 is 10.1 Å². The highest BCUT2D eigenvalue weighted by Gasteiger charge is 2.50. The van der Waals surface area contributed by atoms with Crippen LogP contribution in [0.5, 0.6) is 0 Å². The fourth-order valence-electron chi connectivity index (χ4n) is 4.61. The summed E-state index contributed by atoms with van der Waals surface area (Å²) in [4.78, 5) is 0. The predicted molar refractivity (Wildman–Crippen MR) is 86.0 cm³/mol. The van der Waals surface area contributed by atoms with E-state index in [4.69, 9.17) is 4.74 Å². The van der Waals surface area contributed by atoms with Crippen LogP contribution in [-0.2, 0) is 4.74 Å². The van der Waals surface area contributed by atoms with Crippen molar-refractivity contribution >= 4 is 0 Å². The summed E-state index contributed by atoms with van der Waals surface area (Å²) >= 11 is 0. The summed E-state index contributed by atoms with van der Waals surface area (Å²) < 4.78 is 6.36. The van der Waals surface area contributed by atoms with Crippen molar-refractivity contribution in [3.8, 4) is 0 Å². The molecule has 118 valence electrons. The zero-order valence-electron chi connectivity index (χ0n) is 14.3. The van der Waals surface area contributed by atoms with Crippen LogP contribution in [0.25, 0.3) is 0 Å². The Bertz CT molecular complexity index is 305. The number of rotatable bonds is 5. The molecule has 1 saturated carbocycles. The minimum Gasteiger partial charge on any atom is -0.369 e. The monoisotopic (exact) mass is 281 g/mol. The van der Waals surface area contributed by atoms with Crippen molar-refractivity contribution in [2.24, 2.45) is 11.8 Å². The Morgan fingerprint density at radius 3 is 2.25 bits per heavy atom. The van der Waals surface area contributed by atoms with E-state index in [9.17, 15) is 0 Å². The SMILES string of the molecule is CCCNC(C1CCCCC1)C1CC(C)(C)OC1(C)C. The van der Waals surface area contributed by atoms with Crippen molar-refractivity contribution in [2.75, 3.05) is 6.54 Å². The van der Waals surface area contributed by atoms with Crippen LogP contribution in [0.15, 0.2) is 0 Å². The van der Waals surface area contributed by atoms with Crippen molar-refractivity contribution in [2.45, 2.75) is 96.8 Å². The first-order valence-corrected chi connectivity index (χ1v) is 8.79. The molecular formula is C18H35NO. The van der Waals surface area contributed by atoms with E-state index in [0.717, 1.165) is 12.5 Å². The van der Waals surface area contributed by atoms with Gasteiger partial charge >= 0.3 is 0 Å². The molecule has 2 fully saturated rings. The number of hydrogen-bond donors (Lipinski definition) is 1. The van der Waals surface area contributed by atoms with Gasteiger partial charge in [-0.3, -0.25) is 0 Å². The summed E-state index contributed by atoms with van der Waals surface area (Å²) in [7, 11) is 0. The maximum Gasteiger partial charge on any atom is 0.0677 e. The summed E-state index contributed by atoms with van der Waals surface area (Å²) in [5.41, 5.74) is 0.0430. The van der Waals surface area contributed by atoms with Gasteiger partial charge in [-0.2, -0.15) is 0 Å². The fraction of sp³-hybridized carbons (Fsp3) is 1.00. The topological polar surface area (TPSA) is 21.3 Å². The van der Waals surface area contributed by atoms with Crippen LogP contribution < -0.4 is 5.32 Å². The van der Waals surface area contributed by atoms with Crippen LogP contribution in [0.3, 0.4) is 0 Å². The molecular weight excluding hydrogens is 246 g/mol. The van der Waals surface area contributed by atoms with Crippen LogP contribution >= 0.6 is 0 Å². The largest absolute Gasteiger partial charge is 0.369 e. The van der Waals surface area contributed by atoms with E-state index in [1.807, 2.05) is 0 Å². The molecule has 2 atom stereocenters. The van der Waals surface area contributed by atoms with Gasteiger partial charge in [0.1, 0.15) is 0 Å². The Balaban J connectivity index is 2.12. The Labute approximate surface area is 126 Å². The highest BCUT2D eigenvalue weighted by Crippen LogP contribution is 2.46. The lowest BCUT2D eigenvalue weighted by atomic mass is 9.72. The van der Waals surface area contributed by atoms with Gasteiger partial charge in [-0.05, 0) is 65.8 Å². The molecule has 1 saturated heterocycles. The summed E-state index contributed by atoms with van der Waals surface area (Å²) in [5, 5.41) is 3.89. The third-order valence-electron chi connectivity index (χ3n) is 5.37. The highest BCUT2D eigenvalue weighted by atomic mass is 16.5. The number of hydrogen-bond acceptors (Lipinski definition) is 2. The van der Waals surface area contributed by atoms with E-state index < -0.39 is 0 Å². The lowest BCUT2D eigenvalue weighted by Crippen LogP contribution is -2.49. The van der Waals surface area contributed by atoms with Gasteiger partial charge in [-0.15, -0.1) is 0 Å². The van der Waals surface area contributed by atoms with E-state index >= 15 is 0 Å². The Hall–Kier alpha value is -0.0800. The van der Waals surface area contributed by atoms with Crippen molar-refractivity contribution in [3.05, 3.63) is 0 Å². The Kier molecular flexibility index (Phi) is 5.18. The second kappa shape index (κ2) is 6.36. The Morgan fingerprint density at radius 1 is 1.10 bits per heavy atom. The van der Waals surface area contributed by atoms with E-state index in [0.29, 0.717) is 12.0 Å². The van der Waals surface area contributed by atoms with Crippen LogP contribution in [0.2, 0.25) is 0 Å². The van der Waals surface area contributed by atoms with E-state index in [2.05, 4.69) is 39.9 Å². The summed E-state index contributed by atoms with van der Waals surface area (Å²) in [5.74, 6) is 1.50. The zero-order valence-corrected chi connectivity index (χ0v) is 14.3. The molecule has 1 aliphatic heterocycles. The first kappa shape index (κ1) is 16.3. The van der Waals surface area contributed by atoms with Gasteiger partial charge in [-0.25, -0.2) is 0 Å².